The predicted molar refractivity (Wildman–Crippen MR) is 140 cm³/mol. The number of carbonyl (C=O) groups excluding carboxylic acids is 1. The van der Waals surface area contributed by atoms with Crippen LogP contribution < -0.4 is 20.9 Å². The van der Waals surface area contributed by atoms with Gasteiger partial charge in [-0.1, -0.05) is 0 Å². The highest BCUT2D eigenvalue weighted by molar-refractivity contribution is 5.86. The second kappa shape index (κ2) is 9.80. The first kappa shape index (κ1) is 25.8. The van der Waals surface area contributed by atoms with Gasteiger partial charge < -0.3 is 30.5 Å². The fraction of sp³-hybridized carbons (Fsp3) is 0.625. The zero-order chi connectivity index (χ0) is 24.9. The fourth-order valence-electron chi connectivity index (χ4n) is 5.84. The number of halogens is 2. The number of fused-ring (bicyclic) bond motifs is 1. The molecule has 3 saturated heterocycles. The molecule has 0 saturated carbocycles. The third-order valence-electron chi connectivity index (χ3n) is 7.93. The van der Waals surface area contributed by atoms with Crippen molar-refractivity contribution in [2.45, 2.75) is 37.4 Å². The first-order chi connectivity index (χ1) is 17.4. The number of amides is 1. The molecule has 1 amide bonds. The number of nitrogens with two attached hydrogens (primary N) is 1. The topological polar surface area (TPSA) is 126 Å². The molecule has 2 aromatic heterocycles. The van der Waals surface area contributed by atoms with Crippen molar-refractivity contribution >= 4 is 36.0 Å². The SMILES string of the molecule is C[C@]1(N2CCc3c(-c4cnc(N)nc4)nc(N4CCOCC4)nc32)CCN(C(=O)[C@@]2(F)CCNC2)C1.Cl. The van der Waals surface area contributed by atoms with E-state index in [4.69, 9.17) is 20.4 Å². The Balaban J connectivity index is 0.00000280. The molecule has 4 aliphatic rings. The van der Waals surface area contributed by atoms with Crippen LogP contribution in [0.4, 0.5) is 22.1 Å². The van der Waals surface area contributed by atoms with E-state index in [1.165, 1.54) is 0 Å². The third-order valence-corrected chi connectivity index (χ3v) is 7.93. The van der Waals surface area contributed by atoms with Crippen LogP contribution in [0.15, 0.2) is 12.4 Å². The average molecular weight is 534 g/mol. The molecule has 0 aromatic carbocycles. The Labute approximate surface area is 221 Å². The van der Waals surface area contributed by atoms with Gasteiger partial charge in [0.2, 0.25) is 17.6 Å². The van der Waals surface area contributed by atoms with E-state index in [0.29, 0.717) is 51.9 Å². The number of alkyl halides is 1. The smallest absolute Gasteiger partial charge is 0.261 e. The van der Waals surface area contributed by atoms with Gasteiger partial charge in [0.25, 0.3) is 5.91 Å². The highest BCUT2D eigenvalue weighted by atomic mass is 35.5. The number of rotatable bonds is 4. The largest absolute Gasteiger partial charge is 0.378 e. The maximum absolute atomic E-state index is 15.2. The van der Waals surface area contributed by atoms with E-state index in [9.17, 15) is 4.79 Å². The third kappa shape index (κ3) is 4.55. The van der Waals surface area contributed by atoms with Crippen molar-refractivity contribution in [3.63, 3.8) is 0 Å². The fourth-order valence-corrected chi connectivity index (χ4v) is 5.84. The maximum atomic E-state index is 15.2. The summed E-state index contributed by atoms with van der Waals surface area (Å²) >= 11 is 0. The molecule has 0 spiro atoms. The van der Waals surface area contributed by atoms with Crippen molar-refractivity contribution in [3.8, 4) is 11.3 Å². The molecule has 0 radical (unpaired) electrons. The molecule has 200 valence electrons. The first-order valence-corrected chi connectivity index (χ1v) is 12.6. The lowest BCUT2D eigenvalue weighted by atomic mass is 9.99. The summed E-state index contributed by atoms with van der Waals surface area (Å²) in [5, 5.41) is 2.99. The quantitative estimate of drug-likeness (QED) is 0.583. The summed E-state index contributed by atoms with van der Waals surface area (Å²) in [6, 6.07) is 0. The number of anilines is 3. The van der Waals surface area contributed by atoms with Crippen molar-refractivity contribution < 1.29 is 13.9 Å². The molecular weight excluding hydrogens is 501 g/mol. The van der Waals surface area contributed by atoms with Crippen molar-refractivity contribution in [2.75, 3.05) is 74.6 Å². The highest BCUT2D eigenvalue weighted by Crippen LogP contribution is 2.42. The number of nitrogens with zero attached hydrogens (tertiary/aromatic N) is 7. The first-order valence-electron chi connectivity index (χ1n) is 12.6. The molecule has 2 aromatic rings. The molecular formula is C24H33ClFN9O2. The average Bonchev–Trinajstić information content (AvgIpc) is 3.63. The zero-order valence-corrected chi connectivity index (χ0v) is 21.8. The molecule has 6 rings (SSSR count). The Morgan fingerprint density at radius 1 is 1.14 bits per heavy atom. The summed E-state index contributed by atoms with van der Waals surface area (Å²) in [4.78, 5) is 37.5. The Morgan fingerprint density at radius 3 is 2.59 bits per heavy atom. The van der Waals surface area contributed by atoms with Gasteiger partial charge in [-0.2, -0.15) is 4.98 Å². The van der Waals surface area contributed by atoms with Crippen LogP contribution in [0.3, 0.4) is 0 Å². The molecule has 3 fully saturated rings. The van der Waals surface area contributed by atoms with Crippen molar-refractivity contribution in [2.24, 2.45) is 0 Å². The Kier molecular flexibility index (Phi) is 6.84. The van der Waals surface area contributed by atoms with Gasteiger partial charge in [-0.3, -0.25) is 4.79 Å². The molecule has 3 N–H and O–H groups in total. The van der Waals surface area contributed by atoms with Crippen molar-refractivity contribution in [1.82, 2.24) is 30.2 Å². The van der Waals surface area contributed by atoms with Crippen LogP contribution in [-0.2, 0) is 16.0 Å². The zero-order valence-electron chi connectivity index (χ0n) is 21.0. The number of morpholine rings is 1. The van der Waals surface area contributed by atoms with E-state index in [2.05, 4.69) is 32.0 Å². The lowest BCUT2D eigenvalue weighted by molar-refractivity contribution is -0.141. The van der Waals surface area contributed by atoms with Gasteiger partial charge >= 0.3 is 0 Å². The number of hydrogen-bond donors (Lipinski definition) is 2. The summed E-state index contributed by atoms with van der Waals surface area (Å²) in [7, 11) is 0. The minimum Gasteiger partial charge on any atom is -0.378 e. The predicted octanol–water partition coefficient (Wildman–Crippen LogP) is 0.829. The molecule has 13 heteroatoms. The van der Waals surface area contributed by atoms with E-state index < -0.39 is 11.6 Å². The van der Waals surface area contributed by atoms with Gasteiger partial charge in [-0.05, 0) is 26.3 Å². The van der Waals surface area contributed by atoms with Crippen LogP contribution >= 0.6 is 12.4 Å². The number of likely N-dealkylation sites (tertiary alicyclic amines) is 1. The lowest BCUT2D eigenvalue weighted by Gasteiger charge is -2.38. The van der Waals surface area contributed by atoms with Gasteiger partial charge in [-0.15, -0.1) is 12.4 Å². The van der Waals surface area contributed by atoms with Crippen molar-refractivity contribution in [3.05, 3.63) is 18.0 Å². The molecule has 0 bridgehead atoms. The van der Waals surface area contributed by atoms with E-state index in [0.717, 1.165) is 42.0 Å². The minimum atomic E-state index is -1.80. The molecule has 0 aliphatic carbocycles. The second-order valence-electron chi connectivity index (χ2n) is 10.4. The molecule has 6 heterocycles. The van der Waals surface area contributed by atoms with Crippen LogP contribution in [-0.4, -0.2) is 101 Å². The van der Waals surface area contributed by atoms with Gasteiger partial charge in [0.1, 0.15) is 5.82 Å². The highest BCUT2D eigenvalue weighted by Gasteiger charge is 2.50. The number of hydrogen-bond acceptors (Lipinski definition) is 10. The minimum absolute atomic E-state index is 0. The standard InChI is InChI=1S/C24H32FN9O2.ClH/c1-23(4-7-33(15-23)20(35)24(25)3-5-27-14-24)34-6-2-17-18(16-12-28-21(26)29-13-16)30-22(31-19(17)34)32-8-10-36-11-9-32;/h12-13,27H,2-11,14-15H2,1H3,(H2,26,28,29);1H/t23-,24+;/m0./s1. The number of carbonyl (C=O) groups is 1. The van der Waals surface area contributed by atoms with E-state index in [1.807, 2.05) is 0 Å². The number of nitrogen functional groups attached to an aromatic ring is 1. The van der Waals surface area contributed by atoms with E-state index >= 15 is 4.39 Å². The summed E-state index contributed by atoms with van der Waals surface area (Å²) in [5.41, 5.74) is 6.21. The summed E-state index contributed by atoms with van der Waals surface area (Å²) in [5.74, 6) is 1.33. The summed E-state index contributed by atoms with van der Waals surface area (Å²) in [6.45, 7) is 7.20. The van der Waals surface area contributed by atoms with Gasteiger partial charge in [0.05, 0.1) is 24.4 Å². The molecule has 0 unspecified atom stereocenters. The Hall–Kier alpha value is -2.83. The van der Waals surface area contributed by atoms with Crippen LogP contribution in [0.2, 0.25) is 0 Å². The van der Waals surface area contributed by atoms with E-state index in [-0.39, 0.29) is 36.9 Å². The van der Waals surface area contributed by atoms with Gasteiger partial charge in [0.15, 0.2) is 0 Å². The van der Waals surface area contributed by atoms with Crippen LogP contribution in [0.1, 0.15) is 25.3 Å². The number of aromatic nitrogens is 4. The second-order valence-corrected chi connectivity index (χ2v) is 10.4. The lowest BCUT2D eigenvalue weighted by Crippen LogP contribution is -2.52. The van der Waals surface area contributed by atoms with Gasteiger partial charge in [-0.25, -0.2) is 19.3 Å². The van der Waals surface area contributed by atoms with E-state index in [1.54, 1.807) is 17.3 Å². The summed E-state index contributed by atoms with van der Waals surface area (Å²) in [6.07, 6.45) is 5.14. The monoisotopic (exact) mass is 533 g/mol. The maximum Gasteiger partial charge on any atom is 0.261 e. The van der Waals surface area contributed by atoms with Gasteiger partial charge in [0, 0.05) is 69.2 Å². The Morgan fingerprint density at radius 2 is 1.89 bits per heavy atom. The van der Waals surface area contributed by atoms with Crippen LogP contribution in [0.5, 0.6) is 0 Å². The molecule has 37 heavy (non-hydrogen) atoms. The van der Waals surface area contributed by atoms with Crippen molar-refractivity contribution in [1.29, 1.82) is 0 Å². The van der Waals surface area contributed by atoms with Crippen LogP contribution in [0, 0.1) is 0 Å². The molecule has 11 nitrogen and oxygen atoms in total. The Bertz CT molecular complexity index is 1160. The normalized spacial score (nSPS) is 27.4. The number of ether oxygens (including phenoxy) is 1. The number of nitrogens with one attached hydrogen (secondary N) is 1. The van der Waals surface area contributed by atoms with Crippen LogP contribution in [0.25, 0.3) is 11.3 Å². The summed E-state index contributed by atoms with van der Waals surface area (Å²) < 4.78 is 20.8. The molecule has 2 atom stereocenters. The molecule has 4 aliphatic heterocycles.